The summed E-state index contributed by atoms with van der Waals surface area (Å²) in [6.45, 7) is 2.94. The van der Waals surface area contributed by atoms with Gasteiger partial charge in [0.05, 0.1) is 6.54 Å². The number of hydrogen-bond acceptors (Lipinski definition) is 3. The van der Waals surface area contributed by atoms with E-state index in [1.165, 1.54) is 0 Å². The Balaban J connectivity index is 1.45. The van der Waals surface area contributed by atoms with Crippen molar-refractivity contribution in [1.82, 2.24) is 15.1 Å². The van der Waals surface area contributed by atoms with Crippen LogP contribution in [-0.2, 0) is 16.0 Å². The molecule has 1 N–H and O–H groups in total. The van der Waals surface area contributed by atoms with E-state index in [1.807, 2.05) is 31.2 Å². The Labute approximate surface area is 174 Å². The van der Waals surface area contributed by atoms with Crippen molar-refractivity contribution in [3.63, 3.8) is 0 Å². The molecule has 0 bridgehead atoms. The summed E-state index contributed by atoms with van der Waals surface area (Å²) in [5.41, 5.74) is 2.60. The summed E-state index contributed by atoms with van der Waals surface area (Å²) >= 11 is 5.91. The predicted molar refractivity (Wildman–Crippen MR) is 110 cm³/mol. The van der Waals surface area contributed by atoms with Crippen molar-refractivity contribution >= 4 is 29.3 Å². The third-order valence-electron chi connectivity index (χ3n) is 5.52. The minimum absolute atomic E-state index is 0.105. The predicted octanol–water partition coefficient (Wildman–Crippen LogP) is 2.04. The van der Waals surface area contributed by atoms with Gasteiger partial charge in [0.25, 0.3) is 5.91 Å². The number of benzene rings is 2. The molecule has 2 aromatic carbocycles. The molecule has 0 aromatic heterocycles. The van der Waals surface area contributed by atoms with E-state index in [0.29, 0.717) is 30.1 Å². The van der Waals surface area contributed by atoms with Crippen LogP contribution < -0.4 is 5.32 Å². The fourth-order valence-corrected chi connectivity index (χ4v) is 3.98. The molecule has 150 valence electrons. The van der Waals surface area contributed by atoms with Gasteiger partial charge in [-0.15, -0.1) is 0 Å². The Morgan fingerprint density at radius 2 is 1.76 bits per heavy atom. The number of carbonyl (C=O) groups is 3. The second kappa shape index (κ2) is 7.87. The third-order valence-corrected chi connectivity index (χ3v) is 5.77. The second-order valence-corrected chi connectivity index (χ2v) is 7.99. The molecule has 29 heavy (non-hydrogen) atoms. The summed E-state index contributed by atoms with van der Waals surface area (Å²) in [6.07, 6.45) is 0.414. The Hall–Kier alpha value is -2.86. The number of amides is 3. The first-order valence-electron chi connectivity index (χ1n) is 9.63. The van der Waals surface area contributed by atoms with E-state index >= 15 is 0 Å². The summed E-state index contributed by atoms with van der Waals surface area (Å²) in [7, 11) is 0. The maximum Gasteiger partial charge on any atom is 0.253 e. The lowest BCUT2D eigenvalue weighted by molar-refractivity contribution is -0.152. The standard InChI is InChI=1S/C22H22ClN3O3/c1-14-2-6-16(7-3-14)21(28)25-10-11-26-19(13-25)20(27)24-18(22(26)29)12-15-4-8-17(23)9-5-15/h2-9,18-19H,10-13H2,1H3,(H,24,27)/t18-,19+/m0/s1. The normalized spacial score (nSPS) is 21.6. The van der Waals surface area contributed by atoms with Gasteiger partial charge in [0.1, 0.15) is 12.1 Å². The Bertz CT molecular complexity index is 943. The van der Waals surface area contributed by atoms with Gasteiger partial charge in [-0.25, -0.2) is 0 Å². The fourth-order valence-electron chi connectivity index (χ4n) is 3.86. The van der Waals surface area contributed by atoms with Crippen LogP contribution in [-0.4, -0.2) is 59.2 Å². The molecule has 0 unspecified atom stereocenters. The van der Waals surface area contributed by atoms with Crippen LogP contribution >= 0.6 is 11.6 Å². The van der Waals surface area contributed by atoms with Crippen LogP contribution in [0.5, 0.6) is 0 Å². The van der Waals surface area contributed by atoms with Crippen LogP contribution in [0, 0.1) is 6.92 Å². The van der Waals surface area contributed by atoms with Crippen molar-refractivity contribution in [1.29, 1.82) is 0 Å². The monoisotopic (exact) mass is 411 g/mol. The molecule has 3 amide bonds. The fraction of sp³-hybridized carbons (Fsp3) is 0.318. The van der Waals surface area contributed by atoms with Crippen molar-refractivity contribution in [2.75, 3.05) is 19.6 Å². The zero-order valence-corrected chi connectivity index (χ0v) is 16.9. The first-order valence-corrected chi connectivity index (χ1v) is 10.0. The maximum absolute atomic E-state index is 12.9. The second-order valence-electron chi connectivity index (χ2n) is 7.56. The number of aryl methyl sites for hydroxylation is 1. The van der Waals surface area contributed by atoms with Crippen LogP contribution in [0.25, 0.3) is 0 Å². The van der Waals surface area contributed by atoms with E-state index in [0.717, 1.165) is 11.1 Å². The van der Waals surface area contributed by atoms with Crippen LogP contribution in [0.3, 0.4) is 0 Å². The molecule has 2 aliphatic rings. The highest BCUT2D eigenvalue weighted by molar-refractivity contribution is 6.30. The van der Waals surface area contributed by atoms with E-state index in [9.17, 15) is 14.4 Å². The van der Waals surface area contributed by atoms with Crippen molar-refractivity contribution in [3.05, 3.63) is 70.2 Å². The van der Waals surface area contributed by atoms with Gasteiger partial charge < -0.3 is 15.1 Å². The molecule has 6 nitrogen and oxygen atoms in total. The number of piperazine rings is 2. The molecular formula is C22H22ClN3O3. The summed E-state index contributed by atoms with van der Waals surface area (Å²) < 4.78 is 0. The number of nitrogens with zero attached hydrogens (tertiary/aromatic N) is 2. The van der Waals surface area contributed by atoms with Crippen molar-refractivity contribution < 1.29 is 14.4 Å². The first kappa shape index (κ1) is 19.5. The highest BCUT2D eigenvalue weighted by Crippen LogP contribution is 2.20. The molecule has 2 heterocycles. The molecule has 2 saturated heterocycles. The lowest BCUT2D eigenvalue weighted by atomic mass is 9.98. The van der Waals surface area contributed by atoms with Crippen molar-refractivity contribution in [2.24, 2.45) is 0 Å². The number of nitrogens with one attached hydrogen (secondary N) is 1. The topological polar surface area (TPSA) is 69.7 Å². The molecule has 0 spiro atoms. The van der Waals surface area contributed by atoms with Gasteiger partial charge >= 0.3 is 0 Å². The lowest BCUT2D eigenvalue weighted by Crippen LogP contribution is -2.70. The van der Waals surface area contributed by atoms with Crippen LogP contribution in [0.1, 0.15) is 21.5 Å². The zero-order valence-electron chi connectivity index (χ0n) is 16.1. The maximum atomic E-state index is 12.9. The summed E-state index contributed by atoms with van der Waals surface area (Å²) in [5, 5.41) is 3.46. The summed E-state index contributed by atoms with van der Waals surface area (Å²) in [5.74, 6) is -0.440. The highest BCUT2D eigenvalue weighted by Gasteiger charge is 2.44. The average molecular weight is 412 g/mol. The molecule has 0 radical (unpaired) electrons. The molecular weight excluding hydrogens is 390 g/mol. The zero-order chi connectivity index (χ0) is 20.5. The molecule has 0 aliphatic carbocycles. The highest BCUT2D eigenvalue weighted by atomic mass is 35.5. The number of hydrogen-bond donors (Lipinski definition) is 1. The van der Waals surface area contributed by atoms with Gasteiger partial charge in [-0.05, 0) is 36.8 Å². The van der Waals surface area contributed by atoms with Crippen LogP contribution in [0.4, 0.5) is 0 Å². The minimum Gasteiger partial charge on any atom is -0.342 e. The molecule has 2 fully saturated rings. The van der Waals surface area contributed by atoms with Gasteiger partial charge in [-0.2, -0.15) is 0 Å². The molecule has 4 rings (SSSR count). The van der Waals surface area contributed by atoms with E-state index in [2.05, 4.69) is 5.32 Å². The lowest BCUT2D eigenvalue weighted by Gasteiger charge is -2.45. The Kier molecular flexibility index (Phi) is 5.28. The van der Waals surface area contributed by atoms with Gasteiger partial charge in [0.2, 0.25) is 11.8 Å². The minimum atomic E-state index is -0.646. The largest absolute Gasteiger partial charge is 0.342 e. The molecule has 0 saturated carbocycles. The van der Waals surface area contributed by atoms with Crippen molar-refractivity contribution in [3.8, 4) is 0 Å². The molecule has 2 atom stereocenters. The molecule has 2 aliphatic heterocycles. The third kappa shape index (κ3) is 3.98. The van der Waals surface area contributed by atoms with Gasteiger partial charge in [0, 0.05) is 30.1 Å². The van der Waals surface area contributed by atoms with Gasteiger partial charge in [-0.3, -0.25) is 14.4 Å². The summed E-state index contributed by atoms with van der Waals surface area (Å²) in [6, 6.07) is 13.4. The smallest absolute Gasteiger partial charge is 0.253 e. The molecule has 7 heteroatoms. The quantitative estimate of drug-likeness (QED) is 0.840. The van der Waals surface area contributed by atoms with Crippen LogP contribution in [0.2, 0.25) is 5.02 Å². The van der Waals surface area contributed by atoms with Crippen LogP contribution in [0.15, 0.2) is 48.5 Å². The number of halogens is 1. The van der Waals surface area contributed by atoms with E-state index in [4.69, 9.17) is 11.6 Å². The number of rotatable bonds is 3. The SMILES string of the molecule is Cc1ccc(C(=O)N2CCN3C(=O)[C@H](Cc4ccc(Cl)cc4)NC(=O)[C@H]3C2)cc1. The van der Waals surface area contributed by atoms with Crippen molar-refractivity contribution in [2.45, 2.75) is 25.4 Å². The molecule has 2 aromatic rings. The Morgan fingerprint density at radius 3 is 2.45 bits per heavy atom. The first-order chi connectivity index (χ1) is 13.9. The van der Waals surface area contributed by atoms with E-state index in [-0.39, 0.29) is 24.3 Å². The number of carbonyl (C=O) groups excluding carboxylic acids is 3. The summed E-state index contributed by atoms with van der Waals surface area (Å²) in [4.78, 5) is 41.7. The van der Waals surface area contributed by atoms with Gasteiger partial charge in [-0.1, -0.05) is 41.4 Å². The van der Waals surface area contributed by atoms with E-state index in [1.54, 1.807) is 34.1 Å². The van der Waals surface area contributed by atoms with Gasteiger partial charge in [0.15, 0.2) is 0 Å². The Morgan fingerprint density at radius 1 is 1.07 bits per heavy atom. The number of fused-ring (bicyclic) bond motifs is 1. The van der Waals surface area contributed by atoms with E-state index < -0.39 is 12.1 Å². The average Bonchev–Trinajstić information content (AvgIpc) is 2.73.